The SMILES string of the molecule is CC/C(=C/NC(C)(C)C(C)(C)N(C)C)N=N. The van der Waals surface area contributed by atoms with Gasteiger partial charge in [-0.1, -0.05) is 6.92 Å². The monoisotopic (exact) mass is 226 g/mol. The van der Waals surface area contributed by atoms with Crippen LogP contribution in [0.25, 0.3) is 0 Å². The third-order valence-electron chi connectivity index (χ3n) is 3.75. The predicted molar refractivity (Wildman–Crippen MR) is 68.5 cm³/mol. The lowest BCUT2D eigenvalue weighted by molar-refractivity contribution is 0.0937. The molecular formula is C12H26N4. The maximum atomic E-state index is 7.01. The Morgan fingerprint density at radius 2 is 1.81 bits per heavy atom. The summed E-state index contributed by atoms with van der Waals surface area (Å²) < 4.78 is 0. The molecule has 2 N–H and O–H groups in total. The molecule has 0 fully saturated rings. The normalized spacial score (nSPS) is 14.1. The molecule has 4 nitrogen and oxygen atoms in total. The fourth-order valence-corrected chi connectivity index (χ4v) is 1.21. The minimum Gasteiger partial charge on any atom is -0.383 e. The Balaban J connectivity index is 4.82. The van der Waals surface area contributed by atoms with Crippen molar-refractivity contribution < 1.29 is 0 Å². The smallest absolute Gasteiger partial charge is 0.0777 e. The molecule has 0 aliphatic heterocycles. The zero-order chi connectivity index (χ0) is 13.0. The molecule has 0 aromatic carbocycles. The van der Waals surface area contributed by atoms with Crippen molar-refractivity contribution in [2.24, 2.45) is 5.11 Å². The van der Waals surface area contributed by atoms with Gasteiger partial charge in [0.05, 0.1) is 5.70 Å². The van der Waals surface area contributed by atoms with Crippen molar-refractivity contribution in [2.75, 3.05) is 14.1 Å². The summed E-state index contributed by atoms with van der Waals surface area (Å²) in [5.41, 5.74) is 7.69. The van der Waals surface area contributed by atoms with Crippen LogP contribution in [0.1, 0.15) is 41.0 Å². The molecule has 0 aliphatic rings. The highest BCUT2D eigenvalue weighted by Gasteiger charge is 2.37. The highest BCUT2D eigenvalue weighted by molar-refractivity contribution is 5.06. The van der Waals surface area contributed by atoms with Gasteiger partial charge in [-0.05, 0) is 48.2 Å². The van der Waals surface area contributed by atoms with E-state index in [0.717, 1.165) is 12.1 Å². The van der Waals surface area contributed by atoms with E-state index in [1.54, 1.807) is 0 Å². The van der Waals surface area contributed by atoms with Gasteiger partial charge in [0.25, 0.3) is 0 Å². The summed E-state index contributed by atoms with van der Waals surface area (Å²) in [6.07, 6.45) is 2.62. The first-order valence-corrected chi connectivity index (χ1v) is 5.70. The molecule has 0 heterocycles. The molecule has 0 saturated carbocycles. The van der Waals surface area contributed by atoms with Crippen LogP contribution in [0, 0.1) is 5.53 Å². The molecular weight excluding hydrogens is 200 g/mol. The zero-order valence-electron chi connectivity index (χ0n) is 11.7. The van der Waals surface area contributed by atoms with Gasteiger partial charge in [-0.25, -0.2) is 5.53 Å². The van der Waals surface area contributed by atoms with Crippen molar-refractivity contribution >= 4 is 0 Å². The van der Waals surface area contributed by atoms with Gasteiger partial charge in [0.1, 0.15) is 0 Å². The van der Waals surface area contributed by atoms with E-state index in [1.165, 1.54) is 0 Å². The molecule has 0 atom stereocenters. The van der Waals surface area contributed by atoms with Crippen molar-refractivity contribution in [3.8, 4) is 0 Å². The van der Waals surface area contributed by atoms with Gasteiger partial charge in [-0.15, -0.1) is 0 Å². The molecule has 0 aromatic rings. The highest BCUT2D eigenvalue weighted by atomic mass is 15.2. The number of rotatable bonds is 6. The molecule has 94 valence electrons. The van der Waals surface area contributed by atoms with Crippen LogP contribution in [0.3, 0.4) is 0 Å². The van der Waals surface area contributed by atoms with Gasteiger partial charge in [0.2, 0.25) is 0 Å². The Morgan fingerprint density at radius 3 is 2.12 bits per heavy atom. The van der Waals surface area contributed by atoms with Crippen LogP contribution >= 0.6 is 0 Å². The fraction of sp³-hybridized carbons (Fsp3) is 0.833. The standard InChI is InChI=1S/C12H26N4/c1-8-10(15-13)9-14-11(2,3)12(4,5)16(6)7/h9,13-14H,8H2,1-7H3/b10-9-,15-13?. The van der Waals surface area contributed by atoms with Crippen molar-refractivity contribution in [3.63, 3.8) is 0 Å². The lowest BCUT2D eigenvalue weighted by Crippen LogP contribution is -2.61. The zero-order valence-corrected chi connectivity index (χ0v) is 11.7. The van der Waals surface area contributed by atoms with Crippen LogP contribution in [0.5, 0.6) is 0 Å². The maximum Gasteiger partial charge on any atom is 0.0777 e. The number of hydrogen-bond acceptors (Lipinski definition) is 4. The fourth-order valence-electron chi connectivity index (χ4n) is 1.21. The van der Waals surface area contributed by atoms with Crippen LogP contribution in [-0.4, -0.2) is 30.1 Å². The van der Waals surface area contributed by atoms with Gasteiger partial charge in [0, 0.05) is 17.3 Å². The molecule has 4 heteroatoms. The predicted octanol–water partition coefficient (Wildman–Crippen LogP) is 2.98. The largest absolute Gasteiger partial charge is 0.383 e. The topological polar surface area (TPSA) is 51.5 Å². The van der Waals surface area contributed by atoms with Gasteiger partial charge < -0.3 is 10.2 Å². The lowest BCUT2D eigenvalue weighted by Gasteiger charge is -2.46. The van der Waals surface area contributed by atoms with Gasteiger partial charge in [0.15, 0.2) is 0 Å². The minimum absolute atomic E-state index is 0.00434. The minimum atomic E-state index is -0.0956. The summed E-state index contributed by atoms with van der Waals surface area (Å²) in [5.74, 6) is 0. The first-order valence-electron chi connectivity index (χ1n) is 5.70. The van der Waals surface area contributed by atoms with Crippen molar-refractivity contribution in [1.82, 2.24) is 10.2 Å². The molecule has 0 unspecified atom stereocenters. The van der Waals surface area contributed by atoms with Gasteiger partial charge >= 0.3 is 0 Å². The molecule has 0 rings (SSSR count). The summed E-state index contributed by atoms with van der Waals surface area (Å²) in [7, 11) is 4.14. The molecule has 0 bridgehead atoms. The van der Waals surface area contributed by atoms with Crippen LogP contribution in [0.4, 0.5) is 0 Å². The number of hydrogen-bond donors (Lipinski definition) is 2. The molecule has 16 heavy (non-hydrogen) atoms. The van der Waals surface area contributed by atoms with Gasteiger partial charge in [-0.2, -0.15) is 5.11 Å². The first kappa shape index (κ1) is 15.1. The molecule has 0 aliphatic carbocycles. The second-order valence-corrected chi connectivity index (χ2v) is 5.32. The van der Waals surface area contributed by atoms with Crippen LogP contribution in [-0.2, 0) is 0 Å². The van der Waals surface area contributed by atoms with Crippen LogP contribution < -0.4 is 5.32 Å². The summed E-state index contributed by atoms with van der Waals surface area (Å²) in [6.45, 7) is 10.7. The molecule has 0 radical (unpaired) electrons. The van der Waals surface area contributed by atoms with E-state index in [2.05, 4.69) is 57.1 Å². The van der Waals surface area contributed by atoms with E-state index < -0.39 is 0 Å². The van der Waals surface area contributed by atoms with Crippen molar-refractivity contribution in [1.29, 1.82) is 5.53 Å². The van der Waals surface area contributed by atoms with E-state index in [-0.39, 0.29) is 11.1 Å². The third kappa shape index (κ3) is 3.30. The summed E-state index contributed by atoms with van der Waals surface area (Å²) in [5, 5.41) is 6.84. The Kier molecular flexibility index (Phi) is 5.13. The van der Waals surface area contributed by atoms with E-state index in [4.69, 9.17) is 5.53 Å². The van der Waals surface area contributed by atoms with E-state index in [1.807, 2.05) is 13.1 Å². The molecule has 0 amide bonds. The van der Waals surface area contributed by atoms with Gasteiger partial charge in [-0.3, -0.25) is 0 Å². The van der Waals surface area contributed by atoms with Crippen LogP contribution in [0.2, 0.25) is 0 Å². The number of allylic oxidation sites excluding steroid dienone is 1. The Labute approximate surface area is 99.6 Å². The molecule has 0 saturated heterocycles. The summed E-state index contributed by atoms with van der Waals surface area (Å²) in [4.78, 5) is 2.19. The number of nitrogens with zero attached hydrogens (tertiary/aromatic N) is 2. The Hall–Kier alpha value is -0.900. The maximum absolute atomic E-state index is 7.01. The number of nitrogens with one attached hydrogen (secondary N) is 2. The molecule has 0 aromatic heterocycles. The Bertz CT molecular complexity index is 264. The van der Waals surface area contributed by atoms with Crippen molar-refractivity contribution in [3.05, 3.63) is 11.9 Å². The first-order chi connectivity index (χ1) is 7.19. The molecule has 0 spiro atoms. The number of likely N-dealkylation sites (N-methyl/N-ethyl adjacent to an activating group) is 1. The van der Waals surface area contributed by atoms with Crippen LogP contribution in [0.15, 0.2) is 17.0 Å². The van der Waals surface area contributed by atoms with E-state index in [0.29, 0.717) is 0 Å². The second kappa shape index (κ2) is 5.43. The Morgan fingerprint density at radius 1 is 1.31 bits per heavy atom. The van der Waals surface area contributed by atoms with E-state index >= 15 is 0 Å². The highest BCUT2D eigenvalue weighted by Crippen LogP contribution is 2.26. The van der Waals surface area contributed by atoms with Crippen molar-refractivity contribution in [2.45, 2.75) is 52.1 Å². The average Bonchev–Trinajstić information content (AvgIpc) is 2.18. The third-order valence-corrected chi connectivity index (χ3v) is 3.75. The average molecular weight is 226 g/mol. The lowest BCUT2D eigenvalue weighted by atomic mass is 9.81. The van der Waals surface area contributed by atoms with E-state index in [9.17, 15) is 0 Å². The summed E-state index contributed by atoms with van der Waals surface area (Å²) >= 11 is 0. The quantitative estimate of drug-likeness (QED) is 0.684. The second-order valence-electron chi connectivity index (χ2n) is 5.32. The summed E-state index contributed by atoms with van der Waals surface area (Å²) in [6, 6.07) is 0.